The number of para-hydroxylation sites is 1. The first-order valence-corrected chi connectivity index (χ1v) is 9.27. The van der Waals surface area contributed by atoms with Crippen molar-refractivity contribution < 1.29 is 8.42 Å². The fourth-order valence-corrected chi connectivity index (χ4v) is 4.17. The van der Waals surface area contributed by atoms with Gasteiger partial charge in [0.25, 0.3) is 0 Å². The molecule has 1 aromatic carbocycles. The predicted molar refractivity (Wildman–Crippen MR) is 88.3 cm³/mol. The van der Waals surface area contributed by atoms with Gasteiger partial charge in [0.05, 0.1) is 5.69 Å². The molecule has 0 atom stereocenters. The van der Waals surface area contributed by atoms with Gasteiger partial charge in [-0.3, -0.25) is 0 Å². The number of thiophene rings is 1. The molecule has 2 aromatic rings. The van der Waals surface area contributed by atoms with Gasteiger partial charge < -0.3 is 5.32 Å². The molecule has 0 saturated heterocycles. The smallest absolute Gasteiger partial charge is 0.242 e. The topological polar surface area (TPSA) is 58.2 Å². The first kappa shape index (κ1) is 16.0. The Morgan fingerprint density at radius 1 is 1.05 bits per heavy atom. The van der Waals surface area contributed by atoms with Crippen molar-refractivity contribution in [2.24, 2.45) is 0 Å². The first-order chi connectivity index (χ1) is 10.1. The molecule has 0 amide bonds. The largest absolute Gasteiger partial charge is 0.384 e. The molecule has 0 radical (unpaired) electrons. The minimum Gasteiger partial charge on any atom is -0.384 e. The van der Waals surface area contributed by atoms with Gasteiger partial charge in [0.1, 0.15) is 4.90 Å². The molecule has 0 aliphatic heterocycles. The maximum Gasteiger partial charge on any atom is 0.242 e. The molecule has 21 heavy (non-hydrogen) atoms. The molecule has 0 fully saturated rings. The number of hydrogen-bond donors (Lipinski definition) is 2. The van der Waals surface area contributed by atoms with Crippen molar-refractivity contribution >= 4 is 27.0 Å². The normalized spacial score (nSPS) is 11.5. The summed E-state index contributed by atoms with van der Waals surface area (Å²) in [5.41, 5.74) is 0.632. The van der Waals surface area contributed by atoms with Crippen LogP contribution in [0.25, 0.3) is 0 Å². The van der Waals surface area contributed by atoms with Gasteiger partial charge in [-0.25, -0.2) is 13.1 Å². The molecule has 114 valence electrons. The lowest BCUT2D eigenvalue weighted by molar-refractivity contribution is 0.582. The SMILES string of the molecule is CCNc1ccccc1S(=O)(=O)NCc1ccc(CC)s1. The van der Waals surface area contributed by atoms with Gasteiger partial charge >= 0.3 is 0 Å². The minimum atomic E-state index is -3.51. The zero-order chi connectivity index (χ0) is 15.3. The Hall–Kier alpha value is -1.37. The van der Waals surface area contributed by atoms with E-state index in [0.717, 1.165) is 11.3 Å². The van der Waals surface area contributed by atoms with Crippen molar-refractivity contribution in [1.29, 1.82) is 0 Å². The summed E-state index contributed by atoms with van der Waals surface area (Å²) in [6, 6.07) is 11.0. The van der Waals surface area contributed by atoms with E-state index < -0.39 is 10.0 Å². The van der Waals surface area contributed by atoms with E-state index in [9.17, 15) is 8.42 Å². The van der Waals surface area contributed by atoms with Crippen LogP contribution in [-0.4, -0.2) is 15.0 Å². The Bertz CT molecular complexity index is 693. The average molecular weight is 324 g/mol. The van der Waals surface area contributed by atoms with E-state index in [1.807, 2.05) is 25.1 Å². The predicted octanol–water partition coefficient (Wildman–Crippen LogP) is 3.22. The number of sulfonamides is 1. The third-order valence-corrected chi connectivity index (χ3v) is 5.73. The quantitative estimate of drug-likeness (QED) is 0.822. The zero-order valence-corrected chi connectivity index (χ0v) is 13.9. The average Bonchev–Trinajstić information content (AvgIpc) is 2.94. The molecule has 0 bridgehead atoms. The number of benzene rings is 1. The molecule has 0 aliphatic carbocycles. The number of aryl methyl sites for hydroxylation is 1. The highest BCUT2D eigenvalue weighted by molar-refractivity contribution is 7.89. The van der Waals surface area contributed by atoms with E-state index in [0.29, 0.717) is 23.7 Å². The van der Waals surface area contributed by atoms with Crippen LogP contribution < -0.4 is 10.0 Å². The zero-order valence-electron chi connectivity index (χ0n) is 12.2. The van der Waals surface area contributed by atoms with Gasteiger partial charge in [0, 0.05) is 22.8 Å². The van der Waals surface area contributed by atoms with E-state index in [1.165, 1.54) is 4.88 Å². The van der Waals surface area contributed by atoms with E-state index >= 15 is 0 Å². The van der Waals surface area contributed by atoms with Crippen LogP contribution in [0, 0.1) is 0 Å². The highest BCUT2D eigenvalue weighted by Gasteiger charge is 2.17. The molecular formula is C15H20N2O2S2. The van der Waals surface area contributed by atoms with Crippen LogP contribution in [0.4, 0.5) is 5.69 Å². The Balaban J connectivity index is 2.14. The van der Waals surface area contributed by atoms with Gasteiger partial charge in [-0.15, -0.1) is 11.3 Å². The number of anilines is 1. The number of rotatable bonds is 7. The molecule has 1 aromatic heterocycles. The summed E-state index contributed by atoms with van der Waals surface area (Å²) in [5.74, 6) is 0. The van der Waals surface area contributed by atoms with Crippen molar-refractivity contribution in [3.8, 4) is 0 Å². The van der Waals surface area contributed by atoms with Gasteiger partial charge in [0.15, 0.2) is 0 Å². The van der Waals surface area contributed by atoms with E-state index in [-0.39, 0.29) is 0 Å². The second kappa shape index (κ2) is 7.06. The standard InChI is InChI=1S/C15H20N2O2S2/c1-3-12-9-10-13(20-12)11-17-21(18,19)15-8-6-5-7-14(15)16-4-2/h5-10,16-17H,3-4,11H2,1-2H3. The monoisotopic (exact) mass is 324 g/mol. The van der Waals surface area contributed by atoms with Crippen LogP contribution in [0.1, 0.15) is 23.6 Å². The van der Waals surface area contributed by atoms with Crippen molar-refractivity contribution in [1.82, 2.24) is 4.72 Å². The van der Waals surface area contributed by atoms with E-state index in [1.54, 1.807) is 29.5 Å². The molecule has 0 unspecified atom stereocenters. The first-order valence-electron chi connectivity index (χ1n) is 6.97. The van der Waals surface area contributed by atoms with Crippen LogP contribution in [-0.2, 0) is 23.0 Å². The molecule has 0 aliphatic rings. The molecule has 2 N–H and O–H groups in total. The summed E-state index contributed by atoms with van der Waals surface area (Å²) in [6.45, 7) is 5.03. The number of hydrogen-bond acceptors (Lipinski definition) is 4. The van der Waals surface area contributed by atoms with Gasteiger partial charge in [-0.2, -0.15) is 0 Å². The maximum absolute atomic E-state index is 12.4. The van der Waals surface area contributed by atoms with Crippen LogP contribution in [0.3, 0.4) is 0 Å². The second-order valence-corrected chi connectivity index (χ2v) is 7.56. The van der Waals surface area contributed by atoms with Crippen molar-refractivity contribution in [2.45, 2.75) is 31.7 Å². The van der Waals surface area contributed by atoms with Gasteiger partial charge in [0.2, 0.25) is 10.0 Å². The van der Waals surface area contributed by atoms with Crippen LogP contribution in [0.5, 0.6) is 0 Å². The van der Waals surface area contributed by atoms with Crippen LogP contribution in [0.2, 0.25) is 0 Å². The highest BCUT2D eigenvalue weighted by Crippen LogP contribution is 2.22. The lowest BCUT2D eigenvalue weighted by Crippen LogP contribution is -2.23. The molecule has 0 saturated carbocycles. The van der Waals surface area contributed by atoms with Crippen molar-refractivity contribution in [3.63, 3.8) is 0 Å². The Labute approximate surface area is 130 Å². The Morgan fingerprint density at radius 2 is 1.76 bits per heavy atom. The summed E-state index contributed by atoms with van der Waals surface area (Å²) in [5, 5.41) is 3.08. The van der Waals surface area contributed by atoms with Crippen LogP contribution >= 0.6 is 11.3 Å². The minimum absolute atomic E-state index is 0.291. The van der Waals surface area contributed by atoms with E-state index in [4.69, 9.17) is 0 Å². The Kier molecular flexibility index (Phi) is 5.39. The molecule has 2 rings (SSSR count). The van der Waals surface area contributed by atoms with Crippen LogP contribution in [0.15, 0.2) is 41.3 Å². The summed E-state index contributed by atoms with van der Waals surface area (Å²) in [6.07, 6.45) is 0.973. The fourth-order valence-electron chi connectivity index (χ4n) is 1.99. The summed E-state index contributed by atoms with van der Waals surface area (Å²) >= 11 is 1.64. The van der Waals surface area contributed by atoms with Gasteiger partial charge in [-0.1, -0.05) is 19.1 Å². The third kappa shape index (κ3) is 4.06. The fraction of sp³-hybridized carbons (Fsp3) is 0.333. The molecular weight excluding hydrogens is 304 g/mol. The second-order valence-electron chi connectivity index (χ2n) is 4.57. The summed E-state index contributed by atoms with van der Waals surface area (Å²) in [4.78, 5) is 2.58. The lowest BCUT2D eigenvalue weighted by atomic mass is 10.3. The molecule has 4 nitrogen and oxygen atoms in total. The van der Waals surface area contributed by atoms with Crippen molar-refractivity contribution in [3.05, 3.63) is 46.2 Å². The number of nitrogens with one attached hydrogen (secondary N) is 2. The highest BCUT2D eigenvalue weighted by atomic mass is 32.2. The summed E-state index contributed by atoms with van der Waals surface area (Å²) < 4.78 is 27.5. The summed E-state index contributed by atoms with van der Waals surface area (Å²) in [7, 11) is -3.51. The Morgan fingerprint density at radius 3 is 2.43 bits per heavy atom. The van der Waals surface area contributed by atoms with Crippen molar-refractivity contribution in [2.75, 3.05) is 11.9 Å². The molecule has 0 spiro atoms. The molecule has 1 heterocycles. The third-order valence-electron chi connectivity index (χ3n) is 3.05. The lowest BCUT2D eigenvalue weighted by Gasteiger charge is -2.11. The molecule has 6 heteroatoms. The van der Waals surface area contributed by atoms with E-state index in [2.05, 4.69) is 17.0 Å². The maximum atomic E-state index is 12.4. The van der Waals surface area contributed by atoms with Gasteiger partial charge in [-0.05, 0) is 37.6 Å².